The van der Waals surface area contributed by atoms with Crippen molar-refractivity contribution in [1.29, 1.82) is 0 Å². The Morgan fingerprint density at radius 3 is 2.70 bits per heavy atom. The van der Waals surface area contributed by atoms with E-state index in [1.807, 2.05) is 30.3 Å². The third-order valence-electron chi connectivity index (χ3n) is 8.69. The molecule has 212 valence electrons. The number of fused-ring (bicyclic) bond motifs is 1. The Hall–Kier alpha value is -3.42. The number of benzene rings is 2. The van der Waals surface area contributed by atoms with Crippen LogP contribution in [0.4, 0.5) is 0 Å². The van der Waals surface area contributed by atoms with Crippen molar-refractivity contribution in [1.82, 2.24) is 9.88 Å². The molecule has 7 heteroatoms. The molecule has 2 aliphatic heterocycles. The van der Waals surface area contributed by atoms with Crippen molar-refractivity contribution in [3.8, 4) is 22.8 Å². The maximum atomic E-state index is 11.4. The number of rotatable bonds is 8. The molecule has 7 nitrogen and oxygen atoms in total. The van der Waals surface area contributed by atoms with Crippen molar-refractivity contribution in [2.75, 3.05) is 13.7 Å². The van der Waals surface area contributed by atoms with Gasteiger partial charge in [-0.05, 0) is 105 Å². The average molecular weight is 545 g/mol. The number of ether oxygens (including phenoxy) is 2. The number of aryl methyl sites for hydroxylation is 1. The molecule has 3 aromatic rings. The fourth-order valence-corrected chi connectivity index (χ4v) is 5.97. The number of aliphatic carboxylic acids is 1. The van der Waals surface area contributed by atoms with Gasteiger partial charge in [-0.1, -0.05) is 30.7 Å². The van der Waals surface area contributed by atoms with Gasteiger partial charge in [0.1, 0.15) is 11.9 Å². The zero-order valence-corrected chi connectivity index (χ0v) is 23.9. The lowest BCUT2D eigenvalue weighted by molar-refractivity contribution is -0.145. The molecule has 3 heterocycles. The number of hydrogen-bond acceptors (Lipinski definition) is 6. The molecule has 0 saturated carbocycles. The van der Waals surface area contributed by atoms with Crippen molar-refractivity contribution in [2.45, 2.75) is 77.2 Å². The van der Waals surface area contributed by atoms with Crippen LogP contribution >= 0.6 is 0 Å². The van der Waals surface area contributed by atoms with Crippen molar-refractivity contribution < 1.29 is 24.5 Å². The van der Waals surface area contributed by atoms with Gasteiger partial charge < -0.3 is 19.7 Å². The van der Waals surface area contributed by atoms with Gasteiger partial charge in [0.25, 0.3) is 0 Å². The maximum absolute atomic E-state index is 11.4. The molecule has 5 rings (SSSR count). The molecule has 2 aliphatic rings. The number of likely N-dealkylation sites (tertiary alicyclic amines) is 1. The van der Waals surface area contributed by atoms with Gasteiger partial charge in [-0.2, -0.15) is 0 Å². The highest BCUT2D eigenvalue weighted by atomic mass is 16.5. The Labute approximate surface area is 236 Å². The molecule has 3 atom stereocenters. The highest BCUT2D eigenvalue weighted by Crippen LogP contribution is 2.40. The predicted octanol–water partition coefficient (Wildman–Crippen LogP) is 6.34. The topological polar surface area (TPSA) is 92.1 Å². The van der Waals surface area contributed by atoms with Gasteiger partial charge in [-0.25, -0.2) is 4.98 Å². The Bertz CT molecular complexity index is 1370. The first-order valence-corrected chi connectivity index (χ1v) is 14.2. The van der Waals surface area contributed by atoms with E-state index in [0.29, 0.717) is 11.4 Å². The van der Waals surface area contributed by atoms with Gasteiger partial charge in [0, 0.05) is 24.3 Å². The van der Waals surface area contributed by atoms with E-state index in [9.17, 15) is 15.0 Å². The Morgan fingerprint density at radius 2 is 1.95 bits per heavy atom. The molecule has 1 fully saturated rings. The first-order valence-electron chi connectivity index (χ1n) is 14.2. The van der Waals surface area contributed by atoms with Crippen LogP contribution in [0, 0.1) is 5.92 Å². The number of hydrogen-bond donors (Lipinski definition) is 2. The summed E-state index contributed by atoms with van der Waals surface area (Å²) in [4.78, 5) is 18.3. The molecule has 0 bridgehead atoms. The zero-order chi connectivity index (χ0) is 28.4. The Balaban J connectivity index is 1.49. The Kier molecular flexibility index (Phi) is 8.15. The monoisotopic (exact) mass is 544 g/mol. The van der Waals surface area contributed by atoms with Crippen LogP contribution < -0.4 is 9.47 Å². The molecule has 1 unspecified atom stereocenters. The smallest absolute Gasteiger partial charge is 0.309 e. The summed E-state index contributed by atoms with van der Waals surface area (Å²) in [5, 5.41) is 20.0. The number of aliphatic hydroxyl groups excluding tert-OH is 1. The minimum absolute atomic E-state index is 0.122. The number of carbonyl (C=O) groups is 1. The largest absolute Gasteiger partial charge is 0.485 e. The molecule has 2 N–H and O–H groups in total. The SMILES string of the molecule is COc1cc(-c2ccc(C3CCc4ccc([C@H](O)[C@H](C)C(=O)O)cc4O3)c(CN3CCCCC3(C)C)c2)ccn1. The van der Waals surface area contributed by atoms with E-state index in [1.165, 1.54) is 37.3 Å². The summed E-state index contributed by atoms with van der Waals surface area (Å²) in [6.45, 7) is 8.09. The molecular weight excluding hydrogens is 504 g/mol. The molecular formula is C33H40N2O5. The number of methoxy groups -OCH3 is 1. The third-order valence-corrected chi connectivity index (χ3v) is 8.69. The third kappa shape index (κ3) is 5.86. The highest BCUT2D eigenvalue weighted by molar-refractivity contribution is 5.70. The fraction of sp³-hybridized carbons (Fsp3) is 0.455. The van der Waals surface area contributed by atoms with E-state index < -0.39 is 18.0 Å². The quantitative estimate of drug-likeness (QED) is 0.342. The van der Waals surface area contributed by atoms with E-state index in [0.717, 1.165) is 48.4 Å². The number of piperidine rings is 1. The lowest BCUT2D eigenvalue weighted by Crippen LogP contribution is -2.46. The second-order valence-corrected chi connectivity index (χ2v) is 11.8. The summed E-state index contributed by atoms with van der Waals surface area (Å²) in [6, 6.07) is 16.2. The molecule has 1 aromatic heterocycles. The van der Waals surface area contributed by atoms with Crippen molar-refractivity contribution in [3.05, 3.63) is 77.0 Å². The first kappa shape index (κ1) is 28.1. The number of aromatic nitrogens is 1. The second kappa shape index (κ2) is 11.6. The van der Waals surface area contributed by atoms with E-state index in [-0.39, 0.29) is 11.6 Å². The van der Waals surface area contributed by atoms with Crippen LogP contribution in [0.15, 0.2) is 54.7 Å². The molecule has 2 aromatic carbocycles. The minimum atomic E-state index is -1.10. The summed E-state index contributed by atoms with van der Waals surface area (Å²) >= 11 is 0. The summed E-state index contributed by atoms with van der Waals surface area (Å²) < 4.78 is 12.0. The van der Waals surface area contributed by atoms with Crippen LogP contribution in [0.1, 0.15) is 80.9 Å². The van der Waals surface area contributed by atoms with Gasteiger partial charge in [-0.3, -0.25) is 9.69 Å². The van der Waals surface area contributed by atoms with Gasteiger partial charge >= 0.3 is 5.97 Å². The zero-order valence-electron chi connectivity index (χ0n) is 23.9. The number of carboxylic acid groups (broad SMARTS) is 1. The normalized spacial score (nSPS) is 20.2. The van der Waals surface area contributed by atoms with E-state index in [4.69, 9.17) is 9.47 Å². The minimum Gasteiger partial charge on any atom is -0.485 e. The lowest BCUT2D eigenvalue weighted by Gasteiger charge is -2.43. The van der Waals surface area contributed by atoms with Gasteiger partial charge in [-0.15, -0.1) is 0 Å². The van der Waals surface area contributed by atoms with Crippen LogP contribution in [-0.4, -0.2) is 45.3 Å². The molecule has 40 heavy (non-hydrogen) atoms. The van der Waals surface area contributed by atoms with E-state index >= 15 is 0 Å². The molecule has 0 spiro atoms. The fourth-order valence-electron chi connectivity index (χ4n) is 5.97. The van der Waals surface area contributed by atoms with Gasteiger partial charge in [0.15, 0.2) is 0 Å². The van der Waals surface area contributed by atoms with E-state index in [2.05, 4.69) is 41.9 Å². The van der Waals surface area contributed by atoms with Crippen LogP contribution in [0.25, 0.3) is 11.1 Å². The molecule has 0 amide bonds. The number of nitrogens with zero attached hydrogens (tertiary/aromatic N) is 2. The Morgan fingerprint density at radius 1 is 1.15 bits per heavy atom. The summed E-state index contributed by atoms with van der Waals surface area (Å²) in [5.74, 6) is -0.627. The molecule has 0 radical (unpaired) electrons. The standard InChI is InChI=1S/C33H40N2O5/c1-21(32(37)38)31(36)25-8-7-22-10-12-28(40-29(22)18-25)27-11-9-23(24-13-15-34-30(19-24)39-4)17-26(27)20-35-16-6-5-14-33(35,2)3/h7-9,11,13,15,17-19,21,28,31,36H,5-6,10,12,14,16,20H2,1-4H3,(H,37,38)/t21-,28?,31+/m0/s1. The van der Waals surface area contributed by atoms with Gasteiger partial charge in [0.2, 0.25) is 5.88 Å². The van der Waals surface area contributed by atoms with E-state index in [1.54, 1.807) is 13.3 Å². The molecule has 1 saturated heterocycles. The maximum Gasteiger partial charge on any atom is 0.309 e. The van der Waals surface area contributed by atoms with Crippen molar-refractivity contribution >= 4 is 5.97 Å². The first-order chi connectivity index (χ1) is 19.2. The van der Waals surface area contributed by atoms with Crippen LogP contribution in [0.3, 0.4) is 0 Å². The van der Waals surface area contributed by atoms with Crippen LogP contribution in [0.5, 0.6) is 11.6 Å². The van der Waals surface area contributed by atoms with Gasteiger partial charge in [0.05, 0.1) is 19.1 Å². The number of aliphatic hydroxyl groups is 1. The second-order valence-electron chi connectivity index (χ2n) is 11.8. The van der Waals surface area contributed by atoms with Crippen LogP contribution in [-0.2, 0) is 17.8 Å². The lowest BCUT2D eigenvalue weighted by atomic mass is 9.87. The highest BCUT2D eigenvalue weighted by Gasteiger charge is 2.32. The van der Waals surface area contributed by atoms with Crippen molar-refractivity contribution in [3.63, 3.8) is 0 Å². The predicted molar refractivity (Wildman–Crippen MR) is 154 cm³/mol. The molecule has 0 aliphatic carbocycles. The average Bonchev–Trinajstić information content (AvgIpc) is 2.96. The van der Waals surface area contributed by atoms with Crippen LogP contribution in [0.2, 0.25) is 0 Å². The number of pyridine rings is 1. The summed E-state index contributed by atoms with van der Waals surface area (Å²) in [7, 11) is 1.63. The van der Waals surface area contributed by atoms with Crippen molar-refractivity contribution in [2.24, 2.45) is 5.92 Å². The summed E-state index contributed by atoms with van der Waals surface area (Å²) in [5.41, 5.74) is 6.34. The number of carboxylic acids is 1. The summed E-state index contributed by atoms with van der Waals surface area (Å²) in [6.07, 6.45) is 5.87.